The van der Waals surface area contributed by atoms with Gasteiger partial charge in [-0.25, -0.2) is 0 Å². The van der Waals surface area contributed by atoms with Crippen LogP contribution in [0.5, 0.6) is 0 Å². The number of anilines is 1. The molecule has 3 rings (SSSR count). The Morgan fingerprint density at radius 1 is 1.26 bits per heavy atom. The Labute approximate surface area is 160 Å². The molecule has 1 aromatic rings. The maximum absolute atomic E-state index is 12.6. The minimum atomic E-state index is -0.838. The second-order valence-corrected chi connectivity index (χ2v) is 7.64. The van der Waals surface area contributed by atoms with Crippen molar-refractivity contribution < 1.29 is 19.1 Å². The van der Waals surface area contributed by atoms with E-state index in [-0.39, 0.29) is 24.3 Å². The molecule has 2 amide bonds. The number of carbonyl (C=O) groups excluding carboxylic acids is 3. The Morgan fingerprint density at radius 2 is 1.96 bits per heavy atom. The van der Waals surface area contributed by atoms with E-state index in [0.717, 1.165) is 30.5 Å². The summed E-state index contributed by atoms with van der Waals surface area (Å²) in [4.78, 5) is 38.7. The number of rotatable bonds is 7. The fourth-order valence-corrected chi connectivity index (χ4v) is 3.34. The number of hydrogen-bond acceptors (Lipinski definition) is 4. The summed E-state index contributed by atoms with van der Waals surface area (Å²) in [5.74, 6) is -1.05. The van der Waals surface area contributed by atoms with Gasteiger partial charge in [0.25, 0.3) is 5.91 Å². The molecular weight excluding hydrogens is 344 g/mol. The molecule has 27 heavy (non-hydrogen) atoms. The van der Waals surface area contributed by atoms with E-state index >= 15 is 0 Å². The summed E-state index contributed by atoms with van der Waals surface area (Å²) >= 11 is 0. The largest absolute Gasteiger partial charge is 0.452 e. The third kappa shape index (κ3) is 4.49. The first kappa shape index (κ1) is 19.4. The first-order valence-electron chi connectivity index (χ1n) is 9.80. The van der Waals surface area contributed by atoms with Crippen molar-refractivity contribution in [1.29, 1.82) is 0 Å². The molecule has 0 spiro atoms. The van der Waals surface area contributed by atoms with E-state index in [0.29, 0.717) is 12.5 Å². The number of amides is 2. The van der Waals surface area contributed by atoms with E-state index in [2.05, 4.69) is 19.2 Å². The third-order valence-electron chi connectivity index (χ3n) is 5.42. The van der Waals surface area contributed by atoms with Gasteiger partial charge in [-0.3, -0.25) is 14.4 Å². The van der Waals surface area contributed by atoms with Gasteiger partial charge in [0.1, 0.15) is 0 Å². The van der Waals surface area contributed by atoms with E-state index < -0.39 is 18.0 Å². The first-order chi connectivity index (χ1) is 12.9. The van der Waals surface area contributed by atoms with Crippen LogP contribution < -0.4 is 10.2 Å². The van der Waals surface area contributed by atoms with Crippen molar-refractivity contribution in [3.8, 4) is 0 Å². The van der Waals surface area contributed by atoms with Crippen LogP contribution in [0.4, 0.5) is 5.69 Å². The van der Waals surface area contributed by atoms with Gasteiger partial charge >= 0.3 is 5.97 Å². The zero-order chi connectivity index (χ0) is 19.6. The fourth-order valence-electron chi connectivity index (χ4n) is 3.34. The van der Waals surface area contributed by atoms with Gasteiger partial charge in [0, 0.05) is 24.7 Å². The summed E-state index contributed by atoms with van der Waals surface area (Å²) < 4.78 is 5.33. The lowest BCUT2D eigenvalue weighted by atomic mass is 9.96. The lowest BCUT2D eigenvalue weighted by molar-refractivity contribution is -0.158. The molecule has 2 aliphatic rings. The number of nitrogens with one attached hydrogen (secondary N) is 1. The van der Waals surface area contributed by atoms with Gasteiger partial charge in [-0.1, -0.05) is 32.0 Å². The van der Waals surface area contributed by atoms with Gasteiger partial charge < -0.3 is 15.0 Å². The van der Waals surface area contributed by atoms with Gasteiger partial charge in [0.05, 0.1) is 5.92 Å². The van der Waals surface area contributed by atoms with Crippen molar-refractivity contribution in [3.05, 3.63) is 29.8 Å². The Balaban J connectivity index is 1.65. The van der Waals surface area contributed by atoms with Gasteiger partial charge in [-0.2, -0.15) is 0 Å². The number of para-hydroxylation sites is 1. The maximum Gasteiger partial charge on any atom is 0.312 e. The van der Waals surface area contributed by atoms with Crippen molar-refractivity contribution in [2.45, 2.75) is 64.5 Å². The highest BCUT2D eigenvalue weighted by Crippen LogP contribution is 2.33. The topological polar surface area (TPSA) is 75.7 Å². The Bertz CT molecular complexity index is 729. The second kappa shape index (κ2) is 8.11. The minimum Gasteiger partial charge on any atom is -0.452 e. The fraction of sp³-hybridized carbons (Fsp3) is 0.571. The summed E-state index contributed by atoms with van der Waals surface area (Å²) in [5.41, 5.74) is 1.98. The molecule has 0 bridgehead atoms. The predicted octanol–water partition coefficient (Wildman–Crippen LogP) is 2.76. The van der Waals surface area contributed by atoms with Crippen molar-refractivity contribution in [2.24, 2.45) is 5.92 Å². The van der Waals surface area contributed by atoms with Gasteiger partial charge in [-0.05, 0) is 43.7 Å². The van der Waals surface area contributed by atoms with Crippen LogP contribution >= 0.6 is 0 Å². The monoisotopic (exact) mass is 372 g/mol. The SMILES string of the molecule is CC[C@@H](C)c1ccccc1N1C[C@@H](C(=O)O[C@@H](C)C(=O)NC2CC2)CC1=O. The van der Waals surface area contributed by atoms with Crippen LogP contribution in [0.25, 0.3) is 0 Å². The molecule has 0 aromatic heterocycles. The number of benzene rings is 1. The molecule has 146 valence electrons. The molecule has 1 aromatic carbocycles. The normalized spacial score (nSPS) is 21.7. The molecule has 6 heteroatoms. The Hall–Kier alpha value is -2.37. The molecule has 1 heterocycles. The molecule has 2 fully saturated rings. The van der Waals surface area contributed by atoms with Crippen LogP contribution in [0.3, 0.4) is 0 Å². The summed E-state index contributed by atoms with van der Waals surface area (Å²) in [6.07, 6.45) is 2.21. The molecule has 1 N–H and O–H groups in total. The van der Waals surface area contributed by atoms with Crippen molar-refractivity contribution in [3.63, 3.8) is 0 Å². The summed E-state index contributed by atoms with van der Waals surface area (Å²) in [5, 5.41) is 2.83. The van der Waals surface area contributed by atoms with Crippen LogP contribution in [-0.2, 0) is 19.1 Å². The average molecular weight is 372 g/mol. The molecular formula is C21H28N2O4. The maximum atomic E-state index is 12.6. The molecule has 1 saturated heterocycles. The minimum absolute atomic E-state index is 0.0808. The summed E-state index contributed by atoms with van der Waals surface area (Å²) in [6.45, 7) is 6.11. The standard InChI is InChI=1S/C21H28N2O4/c1-4-13(2)17-7-5-6-8-18(17)23-12-15(11-19(23)24)21(26)27-14(3)20(25)22-16-9-10-16/h5-8,13-16H,4,9-12H2,1-3H3,(H,22,25)/t13-,14+,15+/m1/s1. The van der Waals surface area contributed by atoms with Gasteiger partial charge in [-0.15, -0.1) is 0 Å². The number of ether oxygens (including phenoxy) is 1. The van der Waals surface area contributed by atoms with Crippen LogP contribution in [0.2, 0.25) is 0 Å². The lowest BCUT2D eigenvalue weighted by Crippen LogP contribution is -2.38. The first-order valence-corrected chi connectivity index (χ1v) is 9.80. The van der Waals surface area contributed by atoms with Crippen molar-refractivity contribution >= 4 is 23.5 Å². The predicted molar refractivity (Wildman–Crippen MR) is 102 cm³/mol. The average Bonchev–Trinajstić information content (AvgIpc) is 3.39. The van der Waals surface area contributed by atoms with E-state index in [1.807, 2.05) is 24.3 Å². The number of carbonyl (C=O) groups is 3. The molecule has 6 nitrogen and oxygen atoms in total. The van der Waals surface area contributed by atoms with E-state index in [1.165, 1.54) is 0 Å². The van der Waals surface area contributed by atoms with Crippen LogP contribution in [0.1, 0.15) is 57.9 Å². The van der Waals surface area contributed by atoms with Crippen molar-refractivity contribution in [2.75, 3.05) is 11.4 Å². The summed E-state index contributed by atoms with van der Waals surface area (Å²) in [6, 6.07) is 8.06. The van der Waals surface area contributed by atoms with E-state index in [1.54, 1.807) is 11.8 Å². The zero-order valence-corrected chi connectivity index (χ0v) is 16.2. The van der Waals surface area contributed by atoms with E-state index in [4.69, 9.17) is 4.74 Å². The Kier molecular flexibility index (Phi) is 5.82. The molecule has 1 aliphatic carbocycles. The van der Waals surface area contributed by atoms with Crippen LogP contribution in [0.15, 0.2) is 24.3 Å². The van der Waals surface area contributed by atoms with Gasteiger partial charge in [0.2, 0.25) is 5.91 Å². The van der Waals surface area contributed by atoms with Gasteiger partial charge in [0.15, 0.2) is 6.10 Å². The van der Waals surface area contributed by atoms with Crippen molar-refractivity contribution in [1.82, 2.24) is 5.32 Å². The smallest absolute Gasteiger partial charge is 0.312 e. The zero-order valence-electron chi connectivity index (χ0n) is 16.2. The number of esters is 1. The molecule has 0 radical (unpaired) electrons. The molecule has 0 unspecified atom stereocenters. The quantitative estimate of drug-likeness (QED) is 0.747. The highest BCUT2D eigenvalue weighted by Gasteiger charge is 2.38. The second-order valence-electron chi connectivity index (χ2n) is 7.64. The highest BCUT2D eigenvalue weighted by molar-refractivity contribution is 6.00. The Morgan fingerprint density at radius 3 is 2.63 bits per heavy atom. The number of nitrogens with zero attached hydrogens (tertiary/aromatic N) is 1. The highest BCUT2D eigenvalue weighted by atomic mass is 16.5. The number of hydrogen-bond donors (Lipinski definition) is 1. The van der Waals surface area contributed by atoms with E-state index in [9.17, 15) is 14.4 Å². The summed E-state index contributed by atoms with van der Waals surface area (Å²) in [7, 11) is 0. The molecule has 1 aliphatic heterocycles. The third-order valence-corrected chi connectivity index (χ3v) is 5.42. The lowest BCUT2D eigenvalue weighted by Gasteiger charge is -2.23. The van der Waals surface area contributed by atoms with Crippen LogP contribution in [0, 0.1) is 5.92 Å². The molecule has 1 saturated carbocycles. The van der Waals surface area contributed by atoms with Crippen LogP contribution in [-0.4, -0.2) is 36.5 Å². The molecule has 3 atom stereocenters.